The van der Waals surface area contributed by atoms with E-state index in [1.807, 2.05) is 0 Å². The Kier molecular flexibility index (Phi) is 5.29. The van der Waals surface area contributed by atoms with Crippen LogP contribution in [0.25, 0.3) is 0 Å². The van der Waals surface area contributed by atoms with E-state index in [2.05, 4.69) is 11.9 Å². The maximum Gasteiger partial charge on any atom is 0.243 e. The lowest BCUT2D eigenvalue weighted by atomic mass is 10.1. The molecule has 2 aliphatic rings. The molecule has 0 aliphatic carbocycles. The zero-order valence-electron chi connectivity index (χ0n) is 13.9. The summed E-state index contributed by atoms with van der Waals surface area (Å²) in [7, 11) is -3.67. The average molecular weight is 366 g/mol. The molecule has 0 radical (unpaired) electrons. The number of ether oxygens (including phenoxy) is 2. The summed E-state index contributed by atoms with van der Waals surface area (Å²) in [5.41, 5.74) is 0. The van der Waals surface area contributed by atoms with Crippen LogP contribution in [-0.2, 0) is 14.8 Å². The lowest BCUT2D eigenvalue weighted by Gasteiger charge is -2.25. The van der Waals surface area contributed by atoms with Crippen molar-refractivity contribution in [3.8, 4) is 11.5 Å². The Bertz CT molecular complexity index is 762. The summed E-state index contributed by atoms with van der Waals surface area (Å²) >= 11 is 0. The summed E-state index contributed by atoms with van der Waals surface area (Å²) in [6.07, 6.45) is 3.55. The maximum atomic E-state index is 13.0. The number of hydrogen-bond acceptors (Lipinski definition) is 5. The second-order valence-electron chi connectivity index (χ2n) is 6.07. The highest BCUT2D eigenvalue weighted by molar-refractivity contribution is 7.89. The Labute approximate surface area is 147 Å². The molecule has 3 rings (SSSR count). The van der Waals surface area contributed by atoms with E-state index >= 15 is 0 Å². The fourth-order valence-corrected chi connectivity index (χ4v) is 4.58. The lowest BCUT2D eigenvalue weighted by molar-refractivity contribution is -0.117. The number of amides is 1. The van der Waals surface area contributed by atoms with Crippen molar-refractivity contribution in [1.29, 1.82) is 0 Å². The van der Waals surface area contributed by atoms with E-state index in [1.165, 1.54) is 22.5 Å². The molecule has 1 amide bonds. The third-order valence-corrected chi connectivity index (χ3v) is 6.18. The van der Waals surface area contributed by atoms with Gasteiger partial charge in [0.05, 0.1) is 4.90 Å². The predicted octanol–water partition coefficient (Wildman–Crippen LogP) is 1.30. The molecule has 136 valence electrons. The molecule has 0 aromatic heterocycles. The molecule has 0 bridgehead atoms. The Morgan fingerprint density at radius 2 is 2.00 bits per heavy atom. The number of nitrogens with one attached hydrogen (secondary N) is 1. The van der Waals surface area contributed by atoms with Gasteiger partial charge in [-0.15, -0.1) is 0 Å². The summed E-state index contributed by atoms with van der Waals surface area (Å²) in [6.45, 7) is 4.96. The number of rotatable bonds is 4. The first kappa shape index (κ1) is 17.8. The standard InChI is InChI=1S/C17H22N2O5S/c1-2-17(20)18-13-5-3-4-8-19(12-13)25(21,22)14-6-7-15-16(11-14)24-10-9-23-15/h2,6-7,11,13H,1,3-5,8-10,12H2,(H,18,20). The van der Waals surface area contributed by atoms with Crippen molar-refractivity contribution in [2.75, 3.05) is 26.3 Å². The molecule has 2 heterocycles. The number of benzene rings is 1. The Balaban J connectivity index is 1.82. The van der Waals surface area contributed by atoms with Gasteiger partial charge in [-0.25, -0.2) is 8.42 Å². The van der Waals surface area contributed by atoms with Gasteiger partial charge in [0.1, 0.15) is 13.2 Å². The molecule has 1 fully saturated rings. The van der Waals surface area contributed by atoms with Crippen molar-refractivity contribution in [2.45, 2.75) is 30.2 Å². The van der Waals surface area contributed by atoms with Crippen molar-refractivity contribution in [3.63, 3.8) is 0 Å². The first-order valence-corrected chi connectivity index (χ1v) is 9.77. The average Bonchev–Trinajstić information content (AvgIpc) is 2.87. The fraction of sp³-hybridized carbons (Fsp3) is 0.471. The van der Waals surface area contributed by atoms with Crippen molar-refractivity contribution in [3.05, 3.63) is 30.9 Å². The lowest BCUT2D eigenvalue weighted by Crippen LogP contribution is -2.44. The molecular weight excluding hydrogens is 344 g/mol. The molecule has 1 aromatic rings. The maximum absolute atomic E-state index is 13.0. The van der Waals surface area contributed by atoms with Crippen LogP contribution in [-0.4, -0.2) is 51.0 Å². The summed E-state index contributed by atoms with van der Waals surface area (Å²) in [5, 5.41) is 2.80. The number of fused-ring (bicyclic) bond motifs is 1. The third-order valence-electron chi connectivity index (χ3n) is 4.32. The first-order valence-electron chi connectivity index (χ1n) is 8.33. The third kappa shape index (κ3) is 3.96. The molecule has 1 saturated heterocycles. The number of sulfonamides is 1. The molecule has 1 unspecified atom stereocenters. The van der Waals surface area contributed by atoms with Gasteiger partial charge >= 0.3 is 0 Å². The van der Waals surface area contributed by atoms with Crippen LogP contribution in [0.15, 0.2) is 35.7 Å². The molecule has 7 nitrogen and oxygen atoms in total. The number of hydrogen-bond donors (Lipinski definition) is 1. The second kappa shape index (κ2) is 7.45. The Morgan fingerprint density at radius 1 is 1.24 bits per heavy atom. The van der Waals surface area contributed by atoms with Crippen LogP contribution < -0.4 is 14.8 Å². The number of carbonyl (C=O) groups is 1. The van der Waals surface area contributed by atoms with E-state index in [-0.39, 0.29) is 23.4 Å². The van der Waals surface area contributed by atoms with Crippen molar-refractivity contribution in [1.82, 2.24) is 9.62 Å². The van der Waals surface area contributed by atoms with Crippen LogP contribution in [0.3, 0.4) is 0 Å². The van der Waals surface area contributed by atoms with E-state index in [4.69, 9.17) is 9.47 Å². The minimum absolute atomic E-state index is 0.174. The van der Waals surface area contributed by atoms with E-state index in [9.17, 15) is 13.2 Å². The second-order valence-corrected chi connectivity index (χ2v) is 8.01. The van der Waals surface area contributed by atoms with Gasteiger partial charge in [0.15, 0.2) is 11.5 Å². The highest BCUT2D eigenvalue weighted by Crippen LogP contribution is 2.33. The molecule has 1 N–H and O–H groups in total. The van der Waals surface area contributed by atoms with Gasteiger partial charge in [-0.1, -0.05) is 13.0 Å². The summed E-state index contributed by atoms with van der Waals surface area (Å²) in [6, 6.07) is 4.44. The molecule has 25 heavy (non-hydrogen) atoms. The molecule has 1 aromatic carbocycles. The minimum atomic E-state index is -3.67. The van der Waals surface area contributed by atoms with Gasteiger partial charge in [0, 0.05) is 25.2 Å². The van der Waals surface area contributed by atoms with Crippen molar-refractivity contribution >= 4 is 15.9 Å². The smallest absolute Gasteiger partial charge is 0.243 e. The highest BCUT2D eigenvalue weighted by Gasteiger charge is 2.30. The number of nitrogens with zero attached hydrogens (tertiary/aromatic N) is 1. The van der Waals surface area contributed by atoms with Crippen molar-refractivity contribution < 1.29 is 22.7 Å². The van der Waals surface area contributed by atoms with E-state index in [0.717, 1.165) is 19.3 Å². The Hall–Kier alpha value is -2.06. The zero-order valence-corrected chi connectivity index (χ0v) is 14.8. The normalized spacial score (nSPS) is 21.2. The van der Waals surface area contributed by atoms with Crippen LogP contribution in [0.2, 0.25) is 0 Å². The van der Waals surface area contributed by atoms with Crippen LogP contribution in [0.5, 0.6) is 11.5 Å². The molecular formula is C17H22N2O5S. The monoisotopic (exact) mass is 366 g/mol. The summed E-state index contributed by atoms with van der Waals surface area (Å²) in [4.78, 5) is 11.7. The van der Waals surface area contributed by atoms with Gasteiger partial charge in [-0.2, -0.15) is 4.31 Å². The van der Waals surface area contributed by atoms with E-state index in [1.54, 1.807) is 6.07 Å². The van der Waals surface area contributed by atoms with Gasteiger partial charge < -0.3 is 14.8 Å². The molecule has 1 atom stereocenters. The SMILES string of the molecule is C=CC(=O)NC1CCCCN(S(=O)(=O)c2ccc3c(c2)OCCO3)C1. The van der Waals surface area contributed by atoms with E-state index in [0.29, 0.717) is 31.3 Å². The van der Waals surface area contributed by atoms with Crippen LogP contribution >= 0.6 is 0 Å². The van der Waals surface area contributed by atoms with Crippen molar-refractivity contribution in [2.24, 2.45) is 0 Å². The Morgan fingerprint density at radius 3 is 2.76 bits per heavy atom. The van der Waals surface area contributed by atoms with Gasteiger partial charge in [-0.3, -0.25) is 4.79 Å². The quantitative estimate of drug-likeness (QED) is 0.812. The van der Waals surface area contributed by atoms with E-state index < -0.39 is 10.0 Å². The minimum Gasteiger partial charge on any atom is -0.486 e. The fourth-order valence-electron chi connectivity index (χ4n) is 3.04. The molecule has 2 aliphatic heterocycles. The van der Waals surface area contributed by atoms with Gasteiger partial charge in [0.2, 0.25) is 15.9 Å². The zero-order chi connectivity index (χ0) is 17.9. The molecule has 0 spiro atoms. The largest absolute Gasteiger partial charge is 0.486 e. The van der Waals surface area contributed by atoms with Crippen LogP contribution in [0.1, 0.15) is 19.3 Å². The van der Waals surface area contributed by atoms with Gasteiger partial charge in [-0.05, 0) is 31.1 Å². The molecule has 8 heteroatoms. The summed E-state index contributed by atoms with van der Waals surface area (Å²) < 4.78 is 38.4. The molecule has 0 saturated carbocycles. The topological polar surface area (TPSA) is 84.9 Å². The first-order chi connectivity index (χ1) is 12.0. The number of carbonyl (C=O) groups excluding carboxylic acids is 1. The summed E-state index contributed by atoms with van der Waals surface area (Å²) in [5.74, 6) is 0.708. The highest BCUT2D eigenvalue weighted by atomic mass is 32.2. The van der Waals surface area contributed by atoms with Crippen LogP contribution in [0, 0.1) is 0 Å². The van der Waals surface area contributed by atoms with Crippen LogP contribution in [0.4, 0.5) is 0 Å². The van der Waals surface area contributed by atoms with Gasteiger partial charge in [0.25, 0.3) is 0 Å². The predicted molar refractivity (Wildman–Crippen MR) is 92.2 cm³/mol.